The Morgan fingerprint density at radius 1 is 0.974 bits per heavy atom. The van der Waals surface area contributed by atoms with E-state index in [1.54, 1.807) is 0 Å². The Morgan fingerprint density at radius 3 is 2.41 bits per heavy atom. The van der Waals surface area contributed by atoms with Crippen molar-refractivity contribution in [2.75, 3.05) is 54.4 Å². The molecule has 5 rings (SSSR count). The number of aliphatic hydroxyl groups is 1. The molecule has 0 aliphatic carbocycles. The van der Waals surface area contributed by atoms with E-state index in [1.807, 2.05) is 60.4 Å². The van der Waals surface area contributed by atoms with E-state index in [0.29, 0.717) is 31.2 Å². The summed E-state index contributed by atoms with van der Waals surface area (Å²) in [6.45, 7) is 7.62. The number of piperazine rings is 1. The number of nitriles is 1. The number of amides is 1. The molecule has 2 fully saturated rings. The van der Waals surface area contributed by atoms with Crippen molar-refractivity contribution in [3.63, 3.8) is 0 Å². The molecule has 3 aromatic rings. The van der Waals surface area contributed by atoms with Crippen molar-refractivity contribution >= 4 is 23.0 Å². The van der Waals surface area contributed by atoms with E-state index in [1.165, 1.54) is 0 Å². The Balaban J connectivity index is 1.26. The molecular formula is C32H37N5O2. The van der Waals surface area contributed by atoms with Gasteiger partial charge in [0.15, 0.2) is 0 Å². The SMILES string of the molecule is Cc1cc(C)c(C(=O)N2CCN(c3ccccc3)C(CO)C2)cc1NC1CCN(c2ccccc2C#N)CC1. The topological polar surface area (TPSA) is 82.8 Å². The van der Waals surface area contributed by atoms with Crippen LogP contribution in [0.2, 0.25) is 0 Å². The van der Waals surface area contributed by atoms with Crippen molar-refractivity contribution in [2.24, 2.45) is 0 Å². The number of hydrogen-bond donors (Lipinski definition) is 2. The molecule has 1 atom stereocenters. The summed E-state index contributed by atoms with van der Waals surface area (Å²) < 4.78 is 0. The lowest BCUT2D eigenvalue weighted by molar-refractivity contribution is 0.0698. The maximum absolute atomic E-state index is 13.7. The fourth-order valence-electron chi connectivity index (χ4n) is 5.89. The molecule has 1 amide bonds. The van der Waals surface area contributed by atoms with E-state index < -0.39 is 0 Å². The number of hydrogen-bond acceptors (Lipinski definition) is 6. The first kappa shape index (κ1) is 26.6. The summed E-state index contributed by atoms with van der Waals surface area (Å²) in [6, 6.07) is 24.5. The van der Waals surface area contributed by atoms with Gasteiger partial charge < -0.3 is 25.1 Å². The average Bonchev–Trinajstić information content (AvgIpc) is 2.98. The van der Waals surface area contributed by atoms with Gasteiger partial charge >= 0.3 is 0 Å². The highest BCUT2D eigenvalue weighted by Crippen LogP contribution is 2.28. The molecule has 3 aromatic carbocycles. The maximum atomic E-state index is 13.7. The zero-order valence-electron chi connectivity index (χ0n) is 22.8. The molecule has 2 aliphatic heterocycles. The Morgan fingerprint density at radius 2 is 1.69 bits per heavy atom. The number of nitrogens with one attached hydrogen (secondary N) is 1. The predicted octanol–water partition coefficient (Wildman–Crippen LogP) is 4.58. The number of anilines is 3. The summed E-state index contributed by atoms with van der Waals surface area (Å²) in [7, 11) is 0. The lowest BCUT2D eigenvalue weighted by Gasteiger charge is -2.42. The van der Waals surface area contributed by atoms with Crippen molar-refractivity contribution in [2.45, 2.75) is 38.8 Å². The molecular weight excluding hydrogens is 486 g/mol. The third-order valence-electron chi connectivity index (χ3n) is 8.09. The standard InChI is InChI=1S/C32H37N5O2/c1-23-18-24(2)30(34-26-12-14-35(15-13-26)31-11-7-6-8-25(31)20-33)19-29(23)32(39)36-16-17-37(28(21-36)22-38)27-9-4-3-5-10-27/h3-11,18-19,26,28,34,38H,12-17,21-22H2,1-2H3. The first-order valence-corrected chi connectivity index (χ1v) is 13.8. The summed E-state index contributed by atoms with van der Waals surface area (Å²) in [5.74, 6) is 0.0182. The molecule has 0 bridgehead atoms. The van der Waals surface area contributed by atoms with E-state index in [9.17, 15) is 15.2 Å². The van der Waals surface area contributed by atoms with Crippen LogP contribution in [0.5, 0.6) is 0 Å². The lowest BCUT2D eigenvalue weighted by atomic mass is 9.99. The Hall–Kier alpha value is -4.02. The molecule has 2 aliphatic rings. The van der Waals surface area contributed by atoms with Crippen LogP contribution >= 0.6 is 0 Å². The lowest BCUT2D eigenvalue weighted by Crippen LogP contribution is -2.56. The minimum atomic E-state index is -0.134. The molecule has 39 heavy (non-hydrogen) atoms. The molecule has 0 saturated carbocycles. The summed E-state index contributed by atoms with van der Waals surface area (Å²) in [4.78, 5) is 20.1. The third-order valence-corrected chi connectivity index (χ3v) is 8.09. The van der Waals surface area contributed by atoms with Crippen molar-refractivity contribution in [3.05, 3.63) is 89.0 Å². The van der Waals surface area contributed by atoms with Gasteiger partial charge in [0.25, 0.3) is 5.91 Å². The molecule has 0 radical (unpaired) electrons. The smallest absolute Gasteiger partial charge is 0.254 e. The van der Waals surface area contributed by atoms with Gasteiger partial charge in [-0.25, -0.2) is 0 Å². The number of nitrogens with zero attached hydrogens (tertiary/aromatic N) is 4. The number of aliphatic hydroxyl groups excluding tert-OH is 1. The first-order chi connectivity index (χ1) is 19.0. The molecule has 0 spiro atoms. The Bertz CT molecular complexity index is 1340. The predicted molar refractivity (Wildman–Crippen MR) is 156 cm³/mol. The van der Waals surface area contributed by atoms with Crippen LogP contribution < -0.4 is 15.1 Å². The molecule has 2 heterocycles. The third kappa shape index (κ3) is 5.71. The van der Waals surface area contributed by atoms with Crippen LogP contribution in [0.15, 0.2) is 66.7 Å². The number of carbonyl (C=O) groups is 1. The average molecular weight is 524 g/mol. The van der Waals surface area contributed by atoms with Gasteiger partial charge in [0.05, 0.1) is 23.9 Å². The summed E-state index contributed by atoms with van der Waals surface area (Å²) in [5, 5.41) is 23.3. The highest BCUT2D eigenvalue weighted by atomic mass is 16.3. The second-order valence-electron chi connectivity index (χ2n) is 10.6. The first-order valence-electron chi connectivity index (χ1n) is 13.8. The van der Waals surface area contributed by atoms with Gasteiger partial charge in [0, 0.05) is 55.7 Å². The normalized spacial score (nSPS) is 18.1. The van der Waals surface area contributed by atoms with E-state index >= 15 is 0 Å². The molecule has 2 saturated heterocycles. The largest absolute Gasteiger partial charge is 0.394 e. The van der Waals surface area contributed by atoms with Crippen LogP contribution in [-0.4, -0.2) is 67.3 Å². The Labute approximate surface area is 231 Å². The number of rotatable bonds is 6. The molecule has 7 heteroatoms. The van der Waals surface area contributed by atoms with Crippen molar-refractivity contribution in [1.82, 2.24) is 4.90 Å². The van der Waals surface area contributed by atoms with Gasteiger partial charge in [-0.05, 0) is 68.1 Å². The molecule has 2 N–H and O–H groups in total. The van der Waals surface area contributed by atoms with Crippen molar-refractivity contribution in [1.29, 1.82) is 5.26 Å². The summed E-state index contributed by atoms with van der Waals surface area (Å²) >= 11 is 0. The number of para-hydroxylation sites is 2. The van der Waals surface area contributed by atoms with Gasteiger partial charge in [-0.2, -0.15) is 5.26 Å². The van der Waals surface area contributed by atoms with Crippen LogP contribution in [0, 0.1) is 25.2 Å². The van der Waals surface area contributed by atoms with Crippen LogP contribution in [-0.2, 0) is 0 Å². The van der Waals surface area contributed by atoms with E-state index in [0.717, 1.165) is 59.7 Å². The Kier molecular flexibility index (Phi) is 8.04. The van der Waals surface area contributed by atoms with Gasteiger partial charge in [-0.15, -0.1) is 0 Å². The maximum Gasteiger partial charge on any atom is 0.254 e. The summed E-state index contributed by atoms with van der Waals surface area (Å²) in [5.41, 5.74) is 6.61. The molecule has 202 valence electrons. The van der Waals surface area contributed by atoms with Crippen LogP contribution in [0.4, 0.5) is 17.1 Å². The molecule has 7 nitrogen and oxygen atoms in total. The quantitative estimate of drug-likeness (QED) is 0.492. The van der Waals surface area contributed by atoms with Gasteiger partial charge in [0.1, 0.15) is 6.07 Å². The highest BCUT2D eigenvalue weighted by molar-refractivity contribution is 5.97. The minimum absolute atomic E-state index is 0.00407. The highest BCUT2D eigenvalue weighted by Gasteiger charge is 2.31. The fourth-order valence-corrected chi connectivity index (χ4v) is 5.89. The number of piperidine rings is 1. The second kappa shape index (κ2) is 11.8. The van der Waals surface area contributed by atoms with E-state index in [2.05, 4.69) is 46.3 Å². The minimum Gasteiger partial charge on any atom is -0.394 e. The van der Waals surface area contributed by atoms with Crippen molar-refractivity contribution < 1.29 is 9.90 Å². The van der Waals surface area contributed by atoms with Gasteiger partial charge in [0.2, 0.25) is 0 Å². The monoisotopic (exact) mass is 523 g/mol. The zero-order valence-corrected chi connectivity index (χ0v) is 22.8. The molecule has 0 aromatic heterocycles. The van der Waals surface area contributed by atoms with Gasteiger partial charge in [-0.1, -0.05) is 36.4 Å². The molecule has 1 unspecified atom stereocenters. The second-order valence-corrected chi connectivity index (χ2v) is 10.6. The van der Waals surface area contributed by atoms with Gasteiger partial charge in [-0.3, -0.25) is 4.79 Å². The number of carbonyl (C=O) groups excluding carboxylic acids is 1. The van der Waals surface area contributed by atoms with Crippen molar-refractivity contribution in [3.8, 4) is 6.07 Å². The summed E-state index contributed by atoms with van der Waals surface area (Å²) in [6.07, 6.45) is 1.91. The number of benzene rings is 3. The van der Waals surface area contributed by atoms with Crippen LogP contribution in [0.1, 0.15) is 39.9 Å². The van der Waals surface area contributed by atoms with Crippen LogP contribution in [0.25, 0.3) is 0 Å². The van der Waals surface area contributed by atoms with Crippen LogP contribution in [0.3, 0.4) is 0 Å². The fraction of sp³-hybridized carbons (Fsp3) is 0.375. The zero-order chi connectivity index (χ0) is 27.4. The van der Waals surface area contributed by atoms with E-state index in [-0.39, 0.29) is 18.6 Å². The number of aryl methyl sites for hydroxylation is 2. The van der Waals surface area contributed by atoms with E-state index in [4.69, 9.17) is 0 Å².